The Hall–Kier alpha value is -3.03. The van der Waals surface area contributed by atoms with Crippen LogP contribution in [0.25, 0.3) is 11.0 Å². The first-order valence-corrected chi connectivity index (χ1v) is 8.71. The quantitative estimate of drug-likeness (QED) is 0.678. The molecule has 4 rings (SSSR count). The molecule has 0 saturated heterocycles. The molecule has 3 heterocycles. The lowest BCUT2D eigenvalue weighted by molar-refractivity contribution is -0.121. The highest BCUT2D eigenvalue weighted by Crippen LogP contribution is 2.34. The number of ether oxygens (including phenoxy) is 2. The van der Waals surface area contributed by atoms with Crippen LogP contribution in [0, 0.1) is 6.92 Å². The number of rotatable bonds is 6. The van der Waals surface area contributed by atoms with Crippen LogP contribution in [0.15, 0.2) is 30.6 Å². The van der Waals surface area contributed by atoms with Gasteiger partial charge in [-0.3, -0.25) is 9.48 Å². The van der Waals surface area contributed by atoms with Crippen molar-refractivity contribution in [3.8, 4) is 11.5 Å². The van der Waals surface area contributed by atoms with E-state index in [1.165, 1.54) is 0 Å². The first-order chi connectivity index (χ1) is 12.7. The van der Waals surface area contributed by atoms with Crippen molar-refractivity contribution in [2.24, 2.45) is 0 Å². The maximum Gasteiger partial charge on any atom is 0.240 e. The maximum absolute atomic E-state index is 12.3. The van der Waals surface area contributed by atoms with E-state index in [1.807, 2.05) is 40.6 Å². The first-order valence-electron chi connectivity index (χ1n) is 8.71. The van der Waals surface area contributed by atoms with Crippen LogP contribution in [-0.2, 0) is 17.9 Å². The average molecular weight is 355 g/mol. The number of carbonyl (C=O) groups excluding carboxylic acids is 1. The fourth-order valence-electron chi connectivity index (χ4n) is 3.08. The van der Waals surface area contributed by atoms with Crippen molar-refractivity contribution in [2.75, 3.05) is 19.8 Å². The fraction of sp³-hybridized carbons (Fsp3) is 0.389. The van der Waals surface area contributed by atoms with Gasteiger partial charge in [0.25, 0.3) is 0 Å². The van der Waals surface area contributed by atoms with E-state index < -0.39 is 0 Å². The van der Waals surface area contributed by atoms with E-state index >= 15 is 0 Å². The number of carbonyl (C=O) groups is 1. The Morgan fingerprint density at radius 2 is 2.08 bits per heavy atom. The molecule has 0 bridgehead atoms. The summed E-state index contributed by atoms with van der Waals surface area (Å²) < 4.78 is 15.0. The van der Waals surface area contributed by atoms with Crippen LogP contribution in [0.1, 0.15) is 12.2 Å². The Kier molecular flexibility index (Phi) is 4.47. The number of imidazole rings is 1. The first kappa shape index (κ1) is 16.4. The summed E-state index contributed by atoms with van der Waals surface area (Å²) in [5.74, 6) is 2.15. The summed E-state index contributed by atoms with van der Waals surface area (Å²) >= 11 is 0. The van der Waals surface area contributed by atoms with Crippen LogP contribution in [0.2, 0.25) is 0 Å². The molecule has 0 unspecified atom stereocenters. The molecule has 0 fully saturated rings. The molecule has 1 N–H and O–H groups in total. The second kappa shape index (κ2) is 7.07. The van der Waals surface area contributed by atoms with E-state index in [0.717, 1.165) is 29.8 Å². The number of aryl methyl sites for hydroxylation is 2. The van der Waals surface area contributed by atoms with E-state index in [4.69, 9.17) is 9.47 Å². The monoisotopic (exact) mass is 355 g/mol. The van der Waals surface area contributed by atoms with Gasteiger partial charge in [-0.15, -0.1) is 0 Å². The van der Waals surface area contributed by atoms with Gasteiger partial charge in [0.2, 0.25) is 5.91 Å². The topological polar surface area (TPSA) is 83.2 Å². The van der Waals surface area contributed by atoms with Gasteiger partial charge >= 0.3 is 0 Å². The zero-order valence-corrected chi connectivity index (χ0v) is 14.6. The summed E-state index contributed by atoms with van der Waals surface area (Å²) in [4.78, 5) is 16.9. The normalized spacial score (nSPS) is 13.1. The Morgan fingerprint density at radius 3 is 2.85 bits per heavy atom. The van der Waals surface area contributed by atoms with Crippen molar-refractivity contribution in [1.29, 1.82) is 0 Å². The van der Waals surface area contributed by atoms with Gasteiger partial charge in [0.15, 0.2) is 11.5 Å². The molecule has 0 spiro atoms. The van der Waals surface area contributed by atoms with Crippen molar-refractivity contribution in [3.05, 3.63) is 36.4 Å². The second-order valence-corrected chi connectivity index (χ2v) is 6.20. The molecule has 8 nitrogen and oxygen atoms in total. The number of amides is 1. The predicted octanol–water partition coefficient (Wildman–Crippen LogP) is 1.52. The van der Waals surface area contributed by atoms with Crippen LogP contribution in [0.5, 0.6) is 11.5 Å². The maximum atomic E-state index is 12.3. The van der Waals surface area contributed by atoms with Crippen molar-refractivity contribution >= 4 is 16.9 Å². The highest BCUT2D eigenvalue weighted by Gasteiger charge is 2.17. The van der Waals surface area contributed by atoms with Gasteiger partial charge in [-0.1, -0.05) is 0 Å². The van der Waals surface area contributed by atoms with Crippen LogP contribution in [-0.4, -0.2) is 45.0 Å². The van der Waals surface area contributed by atoms with Gasteiger partial charge in [-0.2, -0.15) is 5.10 Å². The summed E-state index contributed by atoms with van der Waals surface area (Å²) in [6.45, 7) is 4.58. The SMILES string of the molecule is Cc1nc2cc3c(cc2n1CC(=O)NCCCn1cccn1)OCCO3. The van der Waals surface area contributed by atoms with Gasteiger partial charge in [-0.25, -0.2) is 4.98 Å². The van der Waals surface area contributed by atoms with Crippen LogP contribution < -0.4 is 14.8 Å². The predicted molar refractivity (Wildman–Crippen MR) is 95.3 cm³/mol. The van der Waals surface area contributed by atoms with E-state index in [1.54, 1.807) is 6.20 Å². The largest absolute Gasteiger partial charge is 0.486 e. The molecule has 2 aromatic heterocycles. The minimum Gasteiger partial charge on any atom is -0.486 e. The lowest BCUT2D eigenvalue weighted by atomic mass is 10.2. The van der Waals surface area contributed by atoms with Crippen molar-refractivity contribution in [1.82, 2.24) is 24.6 Å². The van der Waals surface area contributed by atoms with Crippen molar-refractivity contribution in [2.45, 2.75) is 26.4 Å². The number of hydrogen-bond donors (Lipinski definition) is 1. The molecule has 1 aliphatic rings. The molecule has 0 atom stereocenters. The smallest absolute Gasteiger partial charge is 0.240 e. The molecule has 26 heavy (non-hydrogen) atoms. The third-order valence-electron chi connectivity index (χ3n) is 4.35. The van der Waals surface area contributed by atoms with Crippen molar-refractivity contribution in [3.63, 3.8) is 0 Å². The summed E-state index contributed by atoms with van der Waals surface area (Å²) in [5, 5.41) is 7.10. The molecule has 1 aliphatic heterocycles. The Morgan fingerprint density at radius 1 is 1.27 bits per heavy atom. The summed E-state index contributed by atoms with van der Waals surface area (Å²) in [6, 6.07) is 5.66. The zero-order valence-electron chi connectivity index (χ0n) is 14.6. The lowest BCUT2D eigenvalue weighted by Gasteiger charge is -2.18. The number of fused-ring (bicyclic) bond motifs is 2. The molecule has 3 aromatic rings. The molecule has 1 aromatic carbocycles. The standard InChI is InChI=1S/C18H21N5O3/c1-13-21-14-10-16-17(26-9-8-25-16)11-15(14)23(13)12-18(24)19-4-2-6-22-7-3-5-20-22/h3,5,7,10-11H,2,4,6,8-9,12H2,1H3,(H,19,24). The number of benzene rings is 1. The Labute approximate surface area is 150 Å². The molecule has 1 amide bonds. The summed E-state index contributed by atoms with van der Waals surface area (Å²) in [6.07, 6.45) is 4.49. The van der Waals surface area contributed by atoms with Crippen LogP contribution >= 0.6 is 0 Å². The van der Waals surface area contributed by atoms with Crippen molar-refractivity contribution < 1.29 is 14.3 Å². The van der Waals surface area contributed by atoms with Gasteiger partial charge in [-0.05, 0) is 19.4 Å². The van der Waals surface area contributed by atoms with E-state index in [9.17, 15) is 4.79 Å². The molecule has 8 heteroatoms. The minimum atomic E-state index is -0.0391. The highest BCUT2D eigenvalue weighted by atomic mass is 16.6. The second-order valence-electron chi connectivity index (χ2n) is 6.20. The molecule has 0 saturated carbocycles. The minimum absolute atomic E-state index is 0.0391. The van der Waals surface area contributed by atoms with E-state index in [2.05, 4.69) is 15.4 Å². The van der Waals surface area contributed by atoms with E-state index in [-0.39, 0.29) is 12.5 Å². The lowest BCUT2D eigenvalue weighted by Crippen LogP contribution is -2.29. The molecule has 136 valence electrons. The van der Waals surface area contributed by atoms with Gasteiger partial charge in [0.1, 0.15) is 25.6 Å². The number of aromatic nitrogens is 4. The Bertz CT molecular complexity index is 917. The van der Waals surface area contributed by atoms with Gasteiger partial charge in [0, 0.05) is 37.6 Å². The number of hydrogen-bond acceptors (Lipinski definition) is 5. The number of nitrogens with zero attached hydrogens (tertiary/aromatic N) is 4. The fourth-order valence-corrected chi connectivity index (χ4v) is 3.08. The third-order valence-corrected chi connectivity index (χ3v) is 4.35. The van der Waals surface area contributed by atoms with Crippen LogP contribution in [0.3, 0.4) is 0 Å². The highest BCUT2D eigenvalue weighted by molar-refractivity contribution is 5.83. The molecule has 0 aliphatic carbocycles. The Balaban J connectivity index is 1.41. The van der Waals surface area contributed by atoms with Crippen LogP contribution in [0.4, 0.5) is 0 Å². The summed E-state index contributed by atoms with van der Waals surface area (Å²) in [7, 11) is 0. The van der Waals surface area contributed by atoms with E-state index in [0.29, 0.717) is 31.3 Å². The number of nitrogens with one attached hydrogen (secondary N) is 1. The average Bonchev–Trinajstić information content (AvgIpc) is 3.25. The molecular weight excluding hydrogens is 334 g/mol. The molecule has 0 radical (unpaired) electrons. The summed E-state index contributed by atoms with van der Waals surface area (Å²) in [5.41, 5.74) is 1.68. The van der Waals surface area contributed by atoms with Gasteiger partial charge < -0.3 is 19.4 Å². The zero-order chi connectivity index (χ0) is 17.9. The third kappa shape index (κ3) is 3.35. The molecular formula is C18H21N5O3. The van der Waals surface area contributed by atoms with Gasteiger partial charge in [0.05, 0.1) is 11.0 Å².